The Morgan fingerprint density at radius 1 is 1.46 bits per heavy atom. The lowest BCUT2D eigenvalue weighted by atomic mass is 10.3. The minimum Gasteiger partial charge on any atom is -0.375 e. The molecule has 13 heavy (non-hydrogen) atoms. The molecule has 0 radical (unpaired) electrons. The molecule has 2 nitrogen and oxygen atoms in total. The normalized spacial score (nSPS) is 8.92. The number of halogens is 1. The molecule has 0 saturated heterocycles. The minimum absolute atomic E-state index is 0.253. The van der Waals surface area contributed by atoms with E-state index in [0.717, 1.165) is 0 Å². The maximum absolute atomic E-state index is 12.8. The zero-order valence-electron chi connectivity index (χ0n) is 8.38. The molecule has 1 aromatic rings. The summed E-state index contributed by atoms with van der Waals surface area (Å²) in [6.45, 7) is 6.69. The van der Waals surface area contributed by atoms with Gasteiger partial charge in [-0.05, 0) is 19.1 Å². The van der Waals surface area contributed by atoms with E-state index in [-0.39, 0.29) is 12.4 Å². The van der Waals surface area contributed by atoms with Gasteiger partial charge in [0.15, 0.2) is 0 Å². The van der Waals surface area contributed by atoms with Gasteiger partial charge in [0.1, 0.15) is 11.5 Å². The predicted octanol–water partition coefficient (Wildman–Crippen LogP) is 2.78. The van der Waals surface area contributed by atoms with Crippen LogP contribution in [0.5, 0.6) is 0 Å². The highest BCUT2D eigenvalue weighted by Gasteiger charge is 1.99. The lowest BCUT2D eigenvalue weighted by Crippen LogP contribution is -1.97. The Morgan fingerprint density at radius 3 is 2.69 bits per heavy atom. The van der Waals surface area contributed by atoms with Crippen molar-refractivity contribution in [2.45, 2.75) is 27.4 Å². The number of aromatic nitrogens is 1. The molecule has 0 N–H and O–H groups in total. The Hall–Kier alpha value is -0.960. The maximum atomic E-state index is 12.8. The highest BCUT2D eigenvalue weighted by Crippen LogP contribution is 2.03. The van der Waals surface area contributed by atoms with E-state index >= 15 is 0 Å². The van der Waals surface area contributed by atoms with E-state index in [9.17, 15) is 4.39 Å². The zero-order chi connectivity index (χ0) is 10.1. The zero-order valence-corrected chi connectivity index (χ0v) is 8.38. The van der Waals surface area contributed by atoms with Crippen molar-refractivity contribution in [1.29, 1.82) is 0 Å². The fourth-order valence-electron chi connectivity index (χ4n) is 0.723. The number of pyridine rings is 1. The molecule has 0 spiro atoms. The van der Waals surface area contributed by atoms with Crippen LogP contribution in [-0.2, 0) is 11.3 Å². The van der Waals surface area contributed by atoms with Gasteiger partial charge in [-0.25, -0.2) is 4.39 Å². The number of ether oxygens (including phenoxy) is 1. The highest BCUT2D eigenvalue weighted by molar-refractivity contribution is 5.05. The van der Waals surface area contributed by atoms with Gasteiger partial charge in [-0.15, -0.1) is 0 Å². The molecule has 0 bridgehead atoms. The van der Waals surface area contributed by atoms with Crippen LogP contribution in [0, 0.1) is 5.82 Å². The van der Waals surface area contributed by atoms with Crippen LogP contribution in [-0.4, -0.2) is 11.6 Å². The van der Waals surface area contributed by atoms with Crippen LogP contribution in [0.4, 0.5) is 4.39 Å². The Labute approximate surface area is 78.8 Å². The fraction of sp³-hybridized carbons (Fsp3) is 0.500. The summed E-state index contributed by atoms with van der Waals surface area (Å²) in [5.41, 5.74) is 0.370. The van der Waals surface area contributed by atoms with Crippen molar-refractivity contribution in [2.75, 3.05) is 6.61 Å². The van der Waals surface area contributed by atoms with Crippen LogP contribution in [0.1, 0.15) is 26.5 Å². The molecule has 0 aliphatic rings. The largest absolute Gasteiger partial charge is 0.375 e. The van der Waals surface area contributed by atoms with Crippen molar-refractivity contribution in [1.82, 2.24) is 4.98 Å². The summed E-state index contributed by atoms with van der Waals surface area (Å²) in [6, 6.07) is 2.94. The van der Waals surface area contributed by atoms with Crippen LogP contribution in [0.3, 0.4) is 0 Å². The fourth-order valence-corrected chi connectivity index (χ4v) is 0.723. The van der Waals surface area contributed by atoms with Crippen molar-refractivity contribution >= 4 is 0 Å². The molecule has 0 atom stereocenters. The first-order chi connectivity index (χ1) is 6.34. The number of nitrogens with zero attached hydrogens (tertiary/aromatic N) is 1. The van der Waals surface area contributed by atoms with Crippen molar-refractivity contribution < 1.29 is 9.13 Å². The SMILES string of the molecule is CC.CCOCc1ncccc1F. The van der Waals surface area contributed by atoms with Gasteiger partial charge in [0.05, 0.1) is 6.61 Å². The van der Waals surface area contributed by atoms with Crippen LogP contribution >= 0.6 is 0 Å². The van der Waals surface area contributed by atoms with Gasteiger partial charge < -0.3 is 4.74 Å². The van der Waals surface area contributed by atoms with Crippen molar-refractivity contribution in [2.24, 2.45) is 0 Å². The van der Waals surface area contributed by atoms with Gasteiger partial charge in [-0.2, -0.15) is 0 Å². The van der Waals surface area contributed by atoms with Gasteiger partial charge in [0, 0.05) is 12.8 Å². The Bertz CT molecular complexity index is 228. The Balaban J connectivity index is 0.000000671. The summed E-state index contributed by atoms with van der Waals surface area (Å²) in [6.07, 6.45) is 1.55. The van der Waals surface area contributed by atoms with E-state index in [4.69, 9.17) is 4.74 Å². The molecule has 3 heteroatoms. The predicted molar refractivity (Wildman–Crippen MR) is 50.9 cm³/mol. The van der Waals surface area contributed by atoms with Gasteiger partial charge >= 0.3 is 0 Å². The molecule has 74 valence electrons. The first-order valence-electron chi connectivity index (χ1n) is 4.51. The van der Waals surface area contributed by atoms with Crippen LogP contribution in [0.2, 0.25) is 0 Å². The van der Waals surface area contributed by atoms with Gasteiger partial charge in [0.2, 0.25) is 0 Å². The molecule has 0 aliphatic heterocycles. The van der Waals surface area contributed by atoms with Crippen molar-refractivity contribution in [3.8, 4) is 0 Å². The first-order valence-corrected chi connectivity index (χ1v) is 4.51. The molecule has 0 aliphatic carbocycles. The summed E-state index contributed by atoms with van der Waals surface area (Å²) >= 11 is 0. The number of hydrogen-bond acceptors (Lipinski definition) is 2. The summed E-state index contributed by atoms with van der Waals surface area (Å²) in [7, 11) is 0. The third kappa shape index (κ3) is 4.58. The lowest BCUT2D eigenvalue weighted by Gasteiger charge is -2.00. The molecule has 0 fully saturated rings. The maximum Gasteiger partial charge on any atom is 0.147 e. The second-order valence-corrected chi connectivity index (χ2v) is 2.07. The van der Waals surface area contributed by atoms with E-state index in [0.29, 0.717) is 12.3 Å². The standard InChI is InChI=1S/C8H10FNO.C2H6/c1-2-11-6-8-7(9)4-3-5-10-8;1-2/h3-5H,2,6H2,1H3;1-2H3. The molecule has 0 unspecified atom stereocenters. The van der Waals surface area contributed by atoms with Crippen molar-refractivity contribution in [3.63, 3.8) is 0 Å². The molecular formula is C10H16FNO. The molecule has 0 amide bonds. The van der Waals surface area contributed by atoms with E-state index in [1.54, 1.807) is 12.3 Å². The van der Waals surface area contributed by atoms with Crippen LogP contribution in [0.15, 0.2) is 18.3 Å². The summed E-state index contributed by atoms with van der Waals surface area (Å²) in [4.78, 5) is 3.82. The average molecular weight is 185 g/mol. The summed E-state index contributed by atoms with van der Waals surface area (Å²) in [5, 5.41) is 0. The van der Waals surface area contributed by atoms with E-state index in [1.165, 1.54) is 6.07 Å². The van der Waals surface area contributed by atoms with E-state index < -0.39 is 0 Å². The molecule has 1 rings (SSSR count). The Morgan fingerprint density at radius 2 is 2.15 bits per heavy atom. The van der Waals surface area contributed by atoms with Gasteiger partial charge in [-0.3, -0.25) is 4.98 Å². The minimum atomic E-state index is -0.305. The monoisotopic (exact) mass is 185 g/mol. The van der Waals surface area contributed by atoms with Gasteiger partial charge in [-0.1, -0.05) is 13.8 Å². The van der Waals surface area contributed by atoms with Gasteiger partial charge in [0.25, 0.3) is 0 Å². The quantitative estimate of drug-likeness (QED) is 0.722. The summed E-state index contributed by atoms with van der Waals surface area (Å²) in [5.74, 6) is -0.305. The molecule has 0 saturated carbocycles. The van der Waals surface area contributed by atoms with E-state index in [1.807, 2.05) is 20.8 Å². The molecule has 1 heterocycles. The molecular weight excluding hydrogens is 169 g/mol. The van der Waals surface area contributed by atoms with Crippen LogP contribution in [0.25, 0.3) is 0 Å². The lowest BCUT2D eigenvalue weighted by molar-refractivity contribution is 0.128. The first kappa shape index (κ1) is 12.0. The summed E-state index contributed by atoms with van der Waals surface area (Å²) < 4.78 is 17.8. The van der Waals surface area contributed by atoms with E-state index in [2.05, 4.69) is 4.98 Å². The number of hydrogen-bond donors (Lipinski definition) is 0. The molecule has 0 aromatic carbocycles. The second-order valence-electron chi connectivity index (χ2n) is 2.07. The Kier molecular flexibility index (Phi) is 7.11. The second kappa shape index (κ2) is 7.68. The topological polar surface area (TPSA) is 22.1 Å². The highest BCUT2D eigenvalue weighted by atomic mass is 19.1. The average Bonchev–Trinajstić information content (AvgIpc) is 2.20. The van der Waals surface area contributed by atoms with Crippen LogP contribution < -0.4 is 0 Å². The smallest absolute Gasteiger partial charge is 0.147 e. The van der Waals surface area contributed by atoms with Crippen molar-refractivity contribution in [3.05, 3.63) is 29.8 Å². The number of rotatable bonds is 3. The third-order valence-electron chi connectivity index (χ3n) is 1.28. The molecule has 1 aromatic heterocycles. The third-order valence-corrected chi connectivity index (χ3v) is 1.28.